The summed E-state index contributed by atoms with van der Waals surface area (Å²) in [5.41, 5.74) is 0. The van der Waals surface area contributed by atoms with Crippen molar-refractivity contribution < 1.29 is 19.2 Å². The summed E-state index contributed by atoms with van der Waals surface area (Å²) in [6, 6.07) is 0. The summed E-state index contributed by atoms with van der Waals surface area (Å²) in [5, 5.41) is 11.8. The largest absolute Gasteiger partial charge is 0.356 e. The van der Waals surface area contributed by atoms with Crippen LogP contribution < -0.4 is 21.3 Å². The van der Waals surface area contributed by atoms with Crippen LogP contribution in [0.4, 0.5) is 0 Å². The molecule has 0 bridgehead atoms. The molecule has 0 unspecified atom stereocenters. The fraction of sp³-hybridized carbons (Fsp3) is 0.867. The molecule has 0 fully saturated rings. The standard InChI is InChI=1S/C30H58N4O4/c1-3-5-7-15-23-31-27(35)19-11-13-21-29(37)33-25-17-9-10-18-26-34-30(38)22-14-12-20-28(36)32-24-16-8-6-4-2/h3-26H2,1-2H3,(H,31,35)(H,32,36)(H,33,37)(H,34,38). The minimum Gasteiger partial charge on any atom is -0.356 e. The second-order valence-electron chi connectivity index (χ2n) is 10.3. The predicted octanol–water partition coefficient (Wildman–Crippen LogP) is 5.29. The maximum absolute atomic E-state index is 11.9. The molecule has 0 aliphatic rings. The molecular formula is C30H58N4O4. The highest BCUT2D eigenvalue weighted by Gasteiger charge is 2.05. The van der Waals surface area contributed by atoms with Gasteiger partial charge in [-0.1, -0.05) is 65.2 Å². The highest BCUT2D eigenvalue weighted by molar-refractivity contribution is 5.77. The first-order valence-electron chi connectivity index (χ1n) is 15.6. The van der Waals surface area contributed by atoms with Crippen LogP contribution in [0.1, 0.15) is 142 Å². The van der Waals surface area contributed by atoms with Gasteiger partial charge in [-0.15, -0.1) is 0 Å². The zero-order valence-electron chi connectivity index (χ0n) is 24.6. The van der Waals surface area contributed by atoms with Gasteiger partial charge in [0.15, 0.2) is 0 Å². The molecular weight excluding hydrogens is 480 g/mol. The molecule has 0 aromatic carbocycles. The van der Waals surface area contributed by atoms with E-state index in [1.165, 1.54) is 25.7 Å². The summed E-state index contributed by atoms with van der Waals surface area (Å²) in [4.78, 5) is 47.4. The molecule has 8 nitrogen and oxygen atoms in total. The lowest BCUT2D eigenvalue weighted by molar-refractivity contribution is -0.123. The molecule has 4 amide bonds. The second-order valence-corrected chi connectivity index (χ2v) is 10.3. The lowest BCUT2D eigenvalue weighted by atomic mass is 10.1. The molecule has 0 radical (unpaired) electrons. The van der Waals surface area contributed by atoms with Gasteiger partial charge in [-0.25, -0.2) is 0 Å². The average molecular weight is 539 g/mol. The van der Waals surface area contributed by atoms with E-state index in [-0.39, 0.29) is 23.6 Å². The number of nitrogens with one attached hydrogen (secondary N) is 4. The van der Waals surface area contributed by atoms with Gasteiger partial charge in [-0.3, -0.25) is 19.2 Å². The van der Waals surface area contributed by atoms with Crippen LogP contribution in [-0.4, -0.2) is 49.8 Å². The molecule has 0 saturated carbocycles. The first-order chi connectivity index (χ1) is 18.5. The molecule has 0 atom stereocenters. The van der Waals surface area contributed by atoms with Gasteiger partial charge in [0.1, 0.15) is 0 Å². The lowest BCUT2D eigenvalue weighted by Crippen LogP contribution is -2.25. The summed E-state index contributed by atoms with van der Waals surface area (Å²) in [7, 11) is 0. The van der Waals surface area contributed by atoms with Gasteiger partial charge >= 0.3 is 0 Å². The molecule has 0 saturated heterocycles. The second kappa shape index (κ2) is 27.9. The normalized spacial score (nSPS) is 10.7. The molecule has 38 heavy (non-hydrogen) atoms. The van der Waals surface area contributed by atoms with Crippen molar-refractivity contribution in [1.82, 2.24) is 21.3 Å². The van der Waals surface area contributed by atoms with Crippen LogP contribution in [0.5, 0.6) is 0 Å². The zero-order valence-corrected chi connectivity index (χ0v) is 24.6. The fourth-order valence-electron chi connectivity index (χ4n) is 4.11. The quantitative estimate of drug-likeness (QED) is 0.106. The molecule has 8 heteroatoms. The summed E-state index contributed by atoms with van der Waals surface area (Å²) in [6.45, 7) is 7.21. The maximum Gasteiger partial charge on any atom is 0.219 e. The van der Waals surface area contributed by atoms with Crippen molar-refractivity contribution in [3.05, 3.63) is 0 Å². The smallest absolute Gasteiger partial charge is 0.219 e. The third kappa shape index (κ3) is 26.9. The molecule has 0 heterocycles. The van der Waals surface area contributed by atoms with Gasteiger partial charge < -0.3 is 21.3 Å². The van der Waals surface area contributed by atoms with Gasteiger partial charge in [0.2, 0.25) is 23.6 Å². The minimum atomic E-state index is 0.0571. The zero-order chi connectivity index (χ0) is 28.1. The Balaban J connectivity index is 3.42. The van der Waals surface area contributed by atoms with E-state index < -0.39 is 0 Å². The number of amides is 4. The van der Waals surface area contributed by atoms with E-state index >= 15 is 0 Å². The Hall–Kier alpha value is -2.12. The molecule has 4 N–H and O–H groups in total. The van der Waals surface area contributed by atoms with Crippen LogP contribution in [0.25, 0.3) is 0 Å². The van der Waals surface area contributed by atoms with E-state index in [9.17, 15) is 19.2 Å². The number of hydrogen-bond donors (Lipinski definition) is 4. The van der Waals surface area contributed by atoms with Crippen LogP contribution in [-0.2, 0) is 19.2 Å². The van der Waals surface area contributed by atoms with E-state index in [0.717, 1.165) is 90.1 Å². The SMILES string of the molecule is CCCCCCNC(=O)CCCCC(=O)NCCCCCCNC(=O)CCCCC(=O)NCCCCCC. The predicted molar refractivity (Wildman–Crippen MR) is 156 cm³/mol. The van der Waals surface area contributed by atoms with Gasteiger partial charge in [-0.2, -0.15) is 0 Å². The van der Waals surface area contributed by atoms with Crippen LogP contribution in [0.2, 0.25) is 0 Å². The monoisotopic (exact) mass is 538 g/mol. The summed E-state index contributed by atoms with van der Waals surface area (Å²) in [5.74, 6) is 0.292. The van der Waals surface area contributed by atoms with Crippen molar-refractivity contribution in [2.75, 3.05) is 26.2 Å². The third-order valence-corrected chi connectivity index (χ3v) is 6.57. The van der Waals surface area contributed by atoms with E-state index in [2.05, 4.69) is 35.1 Å². The van der Waals surface area contributed by atoms with Crippen LogP contribution in [0.15, 0.2) is 0 Å². The Kier molecular flexibility index (Phi) is 26.3. The minimum absolute atomic E-state index is 0.0571. The van der Waals surface area contributed by atoms with Crippen molar-refractivity contribution in [3.63, 3.8) is 0 Å². The number of rotatable bonds is 27. The highest BCUT2D eigenvalue weighted by Crippen LogP contribution is 2.04. The number of carbonyl (C=O) groups is 4. The first-order valence-corrected chi connectivity index (χ1v) is 15.6. The van der Waals surface area contributed by atoms with Gasteiger partial charge in [-0.05, 0) is 51.4 Å². The van der Waals surface area contributed by atoms with E-state index in [1.807, 2.05) is 0 Å². The fourth-order valence-corrected chi connectivity index (χ4v) is 4.11. The molecule has 0 aliphatic heterocycles. The molecule has 0 aromatic heterocycles. The number of hydrogen-bond acceptors (Lipinski definition) is 4. The summed E-state index contributed by atoms with van der Waals surface area (Å²) >= 11 is 0. The van der Waals surface area contributed by atoms with Gasteiger partial charge in [0, 0.05) is 51.9 Å². The molecule has 222 valence electrons. The topological polar surface area (TPSA) is 116 Å². The molecule has 0 spiro atoms. The Morgan fingerprint density at radius 3 is 0.816 bits per heavy atom. The molecule has 0 aliphatic carbocycles. The molecule has 0 rings (SSSR count). The summed E-state index contributed by atoms with van der Waals surface area (Å²) < 4.78 is 0. The lowest BCUT2D eigenvalue weighted by Gasteiger charge is -2.07. The first kappa shape index (κ1) is 35.9. The number of carbonyl (C=O) groups excluding carboxylic acids is 4. The van der Waals surface area contributed by atoms with Crippen molar-refractivity contribution in [1.29, 1.82) is 0 Å². The maximum atomic E-state index is 11.9. The van der Waals surface area contributed by atoms with Crippen molar-refractivity contribution >= 4 is 23.6 Å². The Morgan fingerprint density at radius 2 is 0.579 bits per heavy atom. The van der Waals surface area contributed by atoms with Crippen LogP contribution >= 0.6 is 0 Å². The van der Waals surface area contributed by atoms with Crippen molar-refractivity contribution in [2.45, 2.75) is 142 Å². The van der Waals surface area contributed by atoms with Crippen LogP contribution in [0.3, 0.4) is 0 Å². The van der Waals surface area contributed by atoms with E-state index in [4.69, 9.17) is 0 Å². The van der Waals surface area contributed by atoms with Gasteiger partial charge in [0.25, 0.3) is 0 Å². The van der Waals surface area contributed by atoms with Crippen molar-refractivity contribution in [2.24, 2.45) is 0 Å². The van der Waals surface area contributed by atoms with E-state index in [0.29, 0.717) is 38.8 Å². The molecule has 0 aromatic rings. The Bertz CT molecular complexity index is 561. The van der Waals surface area contributed by atoms with Crippen molar-refractivity contribution in [3.8, 4) is 0 Å². The van der Waals surface area contributed by atoms with E-state index in [1.54, 1.807) is 0 Å². The van der Waals surface area contributed by atoms with Gasteiger partial charge in [0.05, 0.1) is 0 Å². The highest BCUT2D eigenvalue weighted by atomic mass is 16.2. The Labute approximate surface area is 232 Å². The third-order valence-electron chi connectivity index (χ3n) is 6.57. The number of unbranched alkanes of at least 4 members (excludes halogenated alkanes) is 11. The summed E-state index contributed by atoms with van der Waals surface area (Å²) in [6.07, 6.45) is 18.0. The average Bonchev–Trinajstić information content (AvgIpc) is 2.90. The Morgan fingerprint density at radius 1 is 0.342 bits per heavy atom. The van der Waals surface area contributed by atoms with Crippen LogP contribution in [0, 0.1) is 0 Å².